The summed E-state index contributed by atoms with van der Waals surface area (Å²) in [7, 11) is 0. The minimum Gasteiger partial charge on any atom is -0.328 e. The van der Waals surface area contributed by atoms with Crippen molar-refractivity contribution in [2.24, 2.45) is 0 Å². The second-order valence-electron chi connectivity index (χ2n) is 4.93. The van der Waals surface area contributed by atoms with E-state index in [1.54, 1.807) is 0 Å². The van der Waals surface area contributed by atoms with Gasteiger partial charge in [-0.05, 0) is 31.4 Å². The summed E-state index contributed by atoms with van der Waals surface area (Å²) in [4.78, 5) is 12.6. The third-order valence-electron chi connectivity index (χ3n) is 3.62. The van der Waals surface area contributed by atoms with Crippen LogP contribution >= 0.6 is 0 Å². The molecule has 0 spiro atoms. The molecule has 1 aliphatic heterocycles. The number of fused-ring (bicyclic) bond motifs is 2. The largest absolute Gasteiger partial charge is 0.328 e. The summed E-state index contributed by atoms with van der Waals surface area (Å²) in [5.41, 5.74) is 3.32. The molecule has 0 saturated heterocycles. The molecule has 2 aromatic heterocycles. The molecule has 0 amide bonds. The normalized spacial score (nSPS) is 16.6. The average molecular weight is 302 g/mol. The zero-order valence-corrected chi connectivity index (χ0v) is 11.6. The number of rotatable bonds is 1. The fraction of sp³-hybridized carbons (Fsp3) is 0.308. The van der Waals surface area contributed by atoms with Gasteiger partial charge in [-0.2, -0.15) is 0 Å². The van der Waals surface area contributed by atoms with E-state index in [0.717, 1.165) is 23.9 Å². The van der Waals surface area contributed by atoms with Crippen molar-refractivity contribution in [2.45, 2.75) is 25.4 Å². The van der Waals surface area contributed by atoms with Crippen LogP contribution in [-0.2, 0) is 6.42 Å². The fourth-order valence-electron chi connectivity index (χ4n) is 2.75. The number of hydrogen-bond donors (Lipinski definition) is 1. The molecule has 3 heterocycles. The van der Waals surface area contributed by atoms with Gasteiger partial charge in [0.2, 0.25) is 0 Å². The standard InChI is InChI=1S/C13H13N5.HNO3/c1-2-6-12-11(5-1)15-16-18(12)13-7-3-4-10-8-14-9-17(10)13;2-1(3)4/h1-2,5-6,8-9,13H,3-4,7H2;(H,2,3,4). The van der Waals surface area contributed by atoms with Gasteiger partial charge in [0.25, 0.3) is 5.09 Å². The number of benzene rings is 1. The van der Waals surface area contributed by atoms with E-state index < -0.39 is 5.09 Å². The van der Waals surface area contributed by atoms with E-state index >= 15 is 0 Å². The van der Waals surface area contributed by atoms with E-state index in [1.807, 2.05) is 35.4 Å². The summed E-state index contributed by atoms with van der Waals surface area (Å²) in [5.74, 6) is 0. The maximum atomic E-state index is 8.36. The molecule has 0 saturated carbocycles. The van der Waals surface area contributed by atoms with Crippen LogP contribution in [0.25, 0.3) is 11.0 Å². The van der Waals surface area contributed by atoms with Crippen LogP contribution in [-0.4, -0.2) is 34.8 Å². The number of para-hydroxylation sites is 1. The fourth-order valence-corrected chi connectivity index (χ4v) is 2.75. The lowest BCUT2D eigenvalue weighted by molar-refractivity contribution is -0.742. The lowest BCUT2D eigenvalue weighted by Gasteiger charge is -2.25. The van der Waals surface area contributed by atoms with Crippen molar-refractivity contribution < 1.29 is 10.3 Å². The molecule has 114 valence electrons. The molecule has 0 aliphatic carbocycles. The van der Waals surface area contributed by atoms with Crippen molar-refractivity contribution in [3.05, 3.63) is 52.6 Å². The summed E-state index contributed by atoms with van der Waals surface area (Å²) in [6.45, 7) is 0. The Hall–Kier alpha value is -2.97. The van der Waals surface area contributed by atoms with Gasteiger partial charge in [0.1, 0.15) is 11.7 Å². The van der Waals surface area contributed by atoms with Gasteiger partial charge in [-0.25, -0.2) is 9.67 Å². The van der Waals surface area contributed by atoms with Gasteiger partial charge < -0.3 is 9.77 Å². The maximum Gasteiger partial charge on any atom is 0.291 e. The molecule has 1 atom stereocenters. The molecule has 4 rings (SSSR count). The summed E-state index contributed by atoms with van der Waals surface area (Å²) in [6, 6.07) is 8.09. The molecule has 9 heteroatoms. The molecule has 0 bridgehead atoms. The lowest BCUT2D eigenvalue weighted by Crippen LogP contribution is -2.24. The van der Waals surface area contributed by atoms with Crippen LogP contribution in [0.15, 0.2) is 36.8 Å². The van der Waals surface area contributed by atoms with Crippen molar-refractivity contribution in [3.63, 3.8) is 0 Å². The predicted octanol–water partition coefficient (Wildman–Crippen LogP) is 1.66. The highest BCUT2D eigenvalue weighted by molar-refractivity contribution is 5.73. The van der Waals surface area contributed by atoms with Crippen LogP contribution in [0.5, 0.6) is 0 Å². The minimum absolute atomic E-state index is 0.212. The Morgan fingerprint density at radius 2 is 2.14 bits per heavy atom. The zero-order chi connectivity index (χ0) is 15.5. The summed E-state index contributed by atoms with van der Waals surface area (Å²) in [6.07, 6.45) is 7.41. The van der Waals surface area contributed by atoms with Gasteiger partial charge in [0.15, 0.2) is 0 Å². The Kier molecular flexibility index (Phi) is 3.69. The van der Waals surface area contributed by atoms with Crippen molar-refractivity contribution >= 4 is 11.0 Å². The minimum atomic E-state index is -1.50. The topological polar surface area (TPSA) is 112 Å². The first-order chi connectivity index (χ1) is 10.7. The Balaban J connectivity index is 0.000000325. The van der Waals surface area contributed by atoms with Gasteiger partial charge in [-0.3, -0.25) is 0 Å². The van der Waals surface area contributed by atoms with E-state index in [4.69, 9.17) is 15.3 Å². The quantitative estimate of drug-likeness (QED) is 0.540. The molecule has 1 aliphatic rings. The van der Waals surface area contributed by atoms with Gasteiger partial charge in [-0.1, -0.05) is 17.3 Å². The third kappa shape index (κ3) is 2.60. The molecule has 1 aromatic carbocycles. The van der Waals surface area contributed by atoms with E-state index in [-0.39, 0.29) is 6.17 Å². The Bertz CT molecular complexity index is 792. The first-order valence-corrected chi connectivity index (χ1v) is 6.80. The molecule has 0 radical (unpaired) electrons. The monoisotopic (exact) mass is 302 g/mol. The van der Waals surface area contributed by atoms with E-state index in [1.165, 1.54) is 12.1 Å². The smallest absolute Gasteiger partial charge is 0.291 e. The van der Waals surface area contributed by atoms with E-state index in [2.05, 4.69) is 25.9 Å². The molecular weight excluding hydrogens is 288 g/mol. The Labute approximate surface area is 124 Å². The highest BCUT2D eigenvalue weighted by Gasteiger charge is 2.23. The molecular formula is C13H14N6O3. The average Bonchev–Trinajstić information content (AvgIpc) is 3.13. The second kappa shape index (κ2) is 5.80. The predicted molar refractivity (Wildman–Crippen MR) is 75.9 cm³/mol. The number of hydrogen-bond acceptors (Lipinski definition) is 5. The SMILES string of the molecule is O=[N+]([O-])O.c1ccc2c(c1)nnn2C1CCCc2cncn21. The van der Waals surface area contributed by atoms with Crippen LogP contribution in [0, 0.1) is 10.1 Å². The number of aryl methyl sites for hydroxylation is 1. The van der Waals surface area contributed by atoms with Crippen molar-refractivity contribution in [1.82, 2.24) is 24.5 Å². The van der Waals surface area contributed by atoms with Crippen molar-refractivity contribution in [1.29, 1.82) is 0 Å². The molecule has 9 nitrogen and oxygen atoms in total. The maximum absolute atomic E-state index is 8.36. The zero-order valence-electron chi connectivity index (χ0n) is 11.6. The Morgan fingerprint density at radius 3 is 2.95 bits per heavy atom. The molecule has 1 N–H and O–H groups in total. The van der Waals surface area contributed by atoms with Crippen LogP contribution in [0.4, 0.5) is 0 Å². The third-order valence-corrected chi connectivity index (χ3v) is 3.62. The lowest BCUT2D eigenvalue weighted by atomic mass is 10.1. The van der Waals surface area contributed by atoms with E-state index in [0.29, 0.717) is 0 Å². The number of nitrogens with zero attached hydrogens (tertiary/aromatic N) is 6. The number of aromatic nitrogens is 5. The highest BCUT2D eigenvalue weighted by Crippen LogP contribution is 2.27. The highest BCUT2D eigenvalue weighted by atomic mass is 16.9. The first kappa shape index (κ1) is 14.0. The number of imidazole rings is 1. The summed E-state index contributed by atoms with van der Waals surface area (Å²) in [5, 5.41) is 22.2. The summed E-state index contributed by atoms with van der Waals surface area (Å²) < 4.78 is 4.23. The van der Waals surface area contributed by atoms with Crippen molar-refractivity contribution in [2.75, 3.05) is 0 Å². The second-order valence-corrected chi connectivity index (χ2v) is 4.93. The van der Waals surface area contributed by atoms with E-state index in [9.17, 15) is 0 Å². The van der Waals surface area contributed by atoms with Crippen molar-refractivity contribution in [3.8, 4) is 0 Å². The van der Waals surface area contributed by atoms with Crippen LogP contribution in [0.2, 0.25) is 0 Å². The molecule has 22 heavy (non-hydrogen) atoms. The van der Waals surface area contributed by atoms with Crippen LogP contribution in [0.1, 0.15) is 24.7 Å². The van der Waals surface area contributed by atoms with Crippen LogP contribution < -0.4 is 0 Å². The van der Waals surface area contributed by atoms with Gasteiger partial charge in [0.05, 0.1) is 11.8 Å². The van der Waals surface area contributed by atoms with Gasteiger partial charge in [-0.15, -0.1) is 15.2 Å². The Morgan fingerprint density at radius 1 is 1.36 bits per heavy atom. The van der Waals surface area contributed by atoms with Crippen LogP contribution in [0.3, 0.4) is 0 Å². The molecule has 0 fully saturated rings. The summed E-state index contributed by atoms with van der Waals surface area (Å²) >= 11 is 0. The molecule has 1 unspecified atom stereocenters. The first-order valence-electron chi connectivity index (χ1n) is 6.80. The molecule has 3 aromatic rings. The van der Waals surface area contributed by atoms with Gasteiger partial charge in [0, 0.05) is 11.9 Å². The van der Waals surface area contributed by atoms with Gasteiger partial charge >= 0.3 is 0 Å².